The van der Waals surface area contributed by atoms with Crippen LogP contribution in [0.5, 0.6) is 0 Å². The molecular formula is C13H22O2. The third kappa shape index (κ3) is 2.82. The van der Waals surface area contributed by atoms with Crippen molar-refractivity contribution in [2.75, 3.05) is 13.2 Å². The maximum Gasteiger partial charge on any atom is 0.164 e. The Kier molecular flexibility index (Phi) is 4.21. The van der Waals surface area contributed by atoms with E-state index in [-0.39, 0.29) is 6.29 Å². The molecule has 0 saturated carbocycles. The van der Waals surface area contributed by atoms with Gasteiger partial charge in [0.1, 0.15) is 0 Å². The molecule has 2 heteroatoms. The smallest absolute Gasteiger partial charge is 0.164 e. The average Bonchev–Trinajstić information content (AvgIpc) is 2.68. The molecule has 0 aromatic carbocycles. The van der Waals surface area contributed by atoms with E-state index in [1.165, 1.54) is 44.1 Å². The van der Waals surface area contributed by atoms with Gasteiger partial charge < -0.3 is 9.47 Å². The summed E-state index contributed by atoms with van der Waals surface area (Å²) in [5.74, 6) is 0.570. The quantitative estimate of drug-likeness (QED) is 0.523. The number of hydrogen-bond donors (Lipinski definition) is 0. The molecule has 0 aliphatic carbocycles. The van der Waals surface area contributed by atoms with E-state index in [0.717, 1.165) is 13.2 Å². The first kappa shape index (κ1) is 11.2. The Balaban J connectivity index is 1.81. The van der Waals surface area contributed by atoms with Gasteiger partial charge in [-0.1, -0.05) is 25.8 Å². The summed E-state index contributed by atoms with van der Waals surface area (Å²) >= 11 is 0. The summed E-state index contributed by atoms with van der Waals surface area (Å²) in [5.41, 5.74) is 1.50. The number of rotatable bonds is 4. The Morgan fingerprint density at radius 2 is 2.27 bits per heavy atom. The number of hydrogen-bond acceptors (Lipinski definition) is 2. The molecule has 2 fully saturated rings. The first-order valence-corrected chi connectivity index (χ1v) is 6.34. The minimum Gasteiger partial charge on any atom is -0.352 e. The van der Waals surface area contributed by atoms with E-state index in [1.54, 1.807) is 0 Å². The molecule has 2 saturated heterocycles. The van der Waals surface area contributed by atoms with Gasteiger partial charge in [0.05, 0.1) is 6.61 Å². The molecule has 0 spiro atoms. The molecule has 0 aromatic rings. The van der Waals surface area contributed by atoms with Crippen LogP contribution in [0, 0.1) is 5.92 Å². The van der Waals surface area contributed by atoms with Crippen LogP contribution >= 0.6 is 0 Å². The lowest BCUT2D eigenvalue weighted by molar-refractivity contribution is -0.150. The molecule has 0 radical (unpaired) electrons. The molecule has 2 heterocycles. The van der Waals surface area contributed by atoms with Crippen LogP contribution in [-0.4, -0.2) is 19.5 Å². The second-order valence-electron chi connectivity index (χ2n) is 4.57. The number of unbranched alkanes of at least 4 members (excludes halogenated alkanes) is 3. The molecule has 0 aromatic heterocycles. The molecule has 2 rings (SSSR count). The summed E-state index contributed by atoms with van der Waals surface area (Å²) in [6.45, 7) is 3.93. The summed E-state index contributed by atoms with van der Waals surface area (Å²) in [7, 11) is 0. The second-order valence-corrected chi connectivity index (χ2v) is 4.57. The van der Waals surface area contributed by atoms with Crippen molar-refractivity contribution in [3.8, 4) is 0 Å². The molecule has 2 unspecified atom stereocenters. The molecule has 0 N–H and O–H groups in total. The van der Waals surface area contributed by atoms with Gasteiger partial charge in [0.2, 0.25) is 0 Å². The van der Waals surface area contributed by atoms with E-state index in [4.69, 9.17) is 9.47 Å². The van der Waals surface area contributed by atoms with Crippen molar-refractivity contribution in [3.63, 3.8) is 0 Å². The highest BCUT2D eigenvalue weighted by Crippen LogP contribution is 2.34. The van der Waals surface area contributed by atoms with Crippen LogP contribution in [-0.2, 0) is 9.47 Å². The fourth-order valence-electron chi connectivity index (χ4n) is 2.46. The lowest BCUT2D eigenvalue weighted by Crippen LogP contribution is -2.26. The first-order chi connectivity index (χ1) is 7.42. The third-order valence-electron chi connectivity index (χ3n) is 3.37. The Morgan fingerprint density at radius 1 is 1.33 bits per heavy atom. The van der Waals surface area contributed by atoms with Crippen LogP contribution in [0.25, 0.3) is 0 Å². The highest BCUT2D eigenvalue weighted by molar-refractivity contribution is 5.13. The minimum absolute atomic E-state index is 0.0798. The fraction of sp³-hybridized carbons (Fsp3) is 0.846. The van der Waals surface area contributed by atoms with Crippen LogP contribution in [0.4, 0.5) is 0 Å². The van der Waals surface area contributed by atoms with Gasteiger partial charge in [0, 0.05) is 12.5 Å². The Morgan fingerprint density at radius 3 is 3.13 bits per heavy atom. The molecule has 2 atom stereocenters. The number of fused-ring (bicyclic) bond motifs is 1. The summed E-state index contributed by atoms with van der Waals surface area (Å²) in [4.78, 5) is 0. The summed E-state index contributed by atoms with van der Waals surface area (Å²) in [6, 6.07) is 0. The summed E-state index contributed by atoms with van der Waals surface area (Å²) in [6.07, 6.45) is 10.1. The Bertz CT molecular complexity index is 223. The van der Waals surface area contributed by atoms with Crippen molar-refractivity contribution in [2.24, 2.45) is 5.92 Å². The van der Waals surface area contributed by atoms with Crippen molar-refractivity contribution in [1.29, 1.82) is 0 Å². The van der Waals surface area contributed by atoms with Crippen molar-refractivity contribution < 1.29 is 9.47 Å². The number of allylic oxidation sites excluding steroid dienone is 1. The summed E-state index contributed by atoms with van der Waals surface area (Å²) in [5, 5.41) is 0. The van der Waals surface area contributed by atoms with Gasteiger partial charge in [-0.3, -0.25) is 0 Å². The molecule has 2 aliphatic heterocycles. The Labute approximate surface area is 92.6 Å². The average molecular weight is 210 g/mol. The Hall–Kier alpha value is -0.340. The third-order valence-corrected chi connectivity index (χ3v) is 3.37. The van der Waals surface area contributed by atoms with Crippen LogP contribution in [0.15, 0.2) is 11.6 Å². The maximum absolute atomic E-state index is 5.64. The standard InChI is InChI=1S/C13H22O2/c1-2-3-4-5-7-11-10-15-13-12(11)8-6-9-14-13/h7,12-13H,2-6,8-10H2,1H3/b11-7-. The van der Waals surface area contributed by atoms with Crippen molar-refractivity contribution in [2.45, 2.75) is 51.7 Å². The predicted octanol–water partition coefficient (Wildman–Crippen LogP) is 3.28. The molecular weight excluding hydrogens is 188 g/mol. The minimum atomic E-state index is 0.0798. The van der Waals surface area contributed by atoms with E-state index in [0.29, 0.717) is 5.92 Å². The van der Waals surface area contributed by atoms with Gasteiger partial charge in [0.25, 0.3) is 0 Å². The highest BCUT2D eigenvalue weighted by atomic mass is 16.7. The molecule has 0 amide bonds. The van der Waals surface area contributed by atoms with Crippen LogP contribution < -0.4 is 0 Å². The van der Waals surface area contributed by atoms with Crippen molar-refractivity contribution in [3.05, 3.63) is 11.6 Å². The lowest BCUT2D eigenvalue weighted by atomic mass is 9.93. The van der Waals surface area contributed by atoms with Gasteiger partial charge in [-0.2, -0.15) is 0 Å². The van der Waals surface area contributed by atoms with Crippen molar-refractivity contribution in [1.82, 2.24) is 0 Å². The summed E-state index contributed by atoms with van der Waals surface area (Å²) < 4.78 is 11.2. The maximum atomic E-state index is 5.64. The zero-order valence-corrected chi connectivity index (χ0v) is 9.71. The topological polar surface area (TPSA) is 18.5 Å². The highest BCUT2D eigenvalue weighted by Gasteiger charge is 2.35. The van der Waals surface area contributed by atoms with Gasteiger partial charge in [-0.15, -0.1) is 0 Å². The first-order valence-electron chi connectivity index (χ1n) is 6.34. The fourth-order valence-corrected chi connectivity index (χ4v) is 2.46. The normalized spacial score (nSPS) is 33.3. The molecule has 15 heavy (non-hydrogen) atoms. The van der Waals surface area contributed by atoms with Gasteiger partial charge in [0.15, 0.2) is 6.29 Å². The zero-order chi connectivity index (χ0) is 10.5. The predicted molar refractivity (Wildman–Crippen MR) is 60.6 cm³/mol. The van der Waals surface area contributed by atoms with E-state index < -0.39 is 0 Å². The molecule has 2 aliphatic rings. The molecule has 2 nitrogen and oxygen atoms in total. The van der Waals surface area contributed by atoms with E-state index in [9.17, 15) is 0 Å². The second kappa shape index (κ2) is 5.66. The van der Waals surface area contributed by atoms with E-state index in [2.05, 4.69) is 13.0 Å². The van der Waals surface area contributed by atoms with Crippen LogP contribution in [0.2, 0.25) is 0 Å². The molecule has 86 valence electrons. The lowest BCUT2D eigenvalue weighted by Gasteiger charge is -2.24. The van der Waals surface area contributed by atoms with Gasteiger partial charge in [-0.25, -0.2) is 0 Å². The molecule has 0 bridgehead atoms. The van der Waals surface area contributed by atoms with Crippen molar-refractivity contribution >= 4 is 0 Å². The largest absolute Gasteiger partial charge is 0.352 e. The zero-order valence-electron chi connectivity index (χ0n) is 9.71. The van der Waals surface area contributed by atoms with Crippen LogP contribution in [0.1, 0.15) is 45.4 Å². The SMILES string of the molecule is CCCCC/C=C1/COC2OCCCC12. The monoisotopic (exact) mass is 210 g/mol. The van der Waals surface area contributed by atoms with Gasteiger partial charge >= 0.3 is 0 Å². The van der Waals surface area contributed by atoms with Crippen LogP contribution in [0.3, 0.4) is 0 Å². The number of ether oxygens (including phenoxy) is 2. The van der Waals surface area contributed by atoms with E-state index >= 15 is 0 Å². The van der Waals surface area contributed by atoms with Gasteiger partial charge in [-0.05, 0) is 31.3 Å². The van der Waals surface area contributed by atoms with E-state index in [1.807, 2.05) is 0 Å².